The summed E-state index contributed by atoms with van der Waals surface area (Å²) in [7, 11) is 0. The molecule has 2 aromatic heterocycles. The van der Waals surface area contributed by atoms with Crippen molar-refractivity contribution in [3.63, 3.8) is 0 Å². The van der Waals surface area contributed by atoms with Crippen LogP contribution >= 0.6 is 0 Å². The van der Waals surface area contributed by atoms with Crippen molar-refractivity contribution >= 4 is 11.6 Å². The lowest BCUT2D eigenvalue weighted by atomic mass is 9.92. The summed E-state index contributed by atoms with van der Waals surface area (Å²) < 4.78 is 0. The third-order valence-corrected chi connectivity index (χ3v) is 6.48. The quantitative estimate of drug-likeness (QED) is 0.662. The highest BCUT2D eigenvalue weighted by Crippen LogP contribution is 2.32. The van der Waals surface area contributed by atoms with Crippen LogP contribution in [0, 0.1) is 13.8 Å². The van der Waals surface area contributed by atoms with E-state index < -0.39 is 5.60 Å². The first kappa shape index (κ1) is 22.1. The fourth-order valence-electron chi connectivity index (χ4n) is 4.44. The standard InChI is InChI=1S/C25H32N6O/c1-17-15-31(22(25(4,5)32)16-30(17)23-14-26-11-12-27-23)24-19(3)18(2)21(28-29-24)13-20-9-7-6-8-10-20/h6-12,14,17,22,32H,13,15-16H2,1-5H3/t17-,22?/m0/s1. The van der Waals surface area contributed by atoms with Gasteiger partial charge in [0.25, 0.3) is 0 Å². The predicted molar refractivity (Wildman–Crippen MR) is 127 cm³/mol. The Hall–Kier alpha value is -3.06. The second-order valence-corrected chi connectivity index (χ2v) is 9.27. The summed E-state index contributed by atoms with van der Waals surface area (Å²) in [4.78, 5) is 13.1. The summed E-state index contributed by atoms with van der Waals surface area (Å²) in [5.74, 6) is 1.67. The zero-order chi connectivity index (χ0) is 22.9. The summed E-state index contributed by atoms with van der Waals surface area (Å²) >= 11 is 0. The van der Waals surface area contributed by atoms with Gasteiger partial charge >= 0.3 is 0 Å². The minimum atomic E-state index is -0.939. The first-order valence-electron chi connectivity index (χ1n) is 11.1. The van der Waals surface area contributed by atoms with Gasteiger partial charge in [-0.3, -0.25) is 4.98 Å². The van der Waals surface area contributed by atoms with Gasteiger partial charge in [0.05, 0.1) is 23.5 Å². The van der Waals surface area contributed by atoms with E-state index in [-0.39, 0.29) is 12.1 Å². The van der Waals surface area contributed by atoms with Crippen LogP contribution in [-0.2, 0) is 6.42 Å². The van der Waals surface area contributed by atoms with Crippen molar-refractivity contribution in [3.8, 4) is 0 Å². The van der Waals surface area contributed by atoms with Crippen molar-refractivity contribution in [2.75, 3.05) is 22.9 Å². The molecule has 0 bridgehead atoms. The number of nitrogens with zero attached hydrogens (tertiary/aromatic N) is 6. The second-order valence-electron chi connectivity index (χ2n) is 9.27. The van der Waals surface area contributed by atoms with Gasteiger partial charge in [-0.15, -0.1) is 5.10 Å². The number of piperazine rings is 1. The van der Waals surface area contributed by atoms with Crippen molar-refractivity contribution in [3.05, 3.63) is 71.3 Å². The van der Waals surface area contributed by atoms with Gasteiger partial charge in [-0.25, -0.2) is 4.98 Å². The predicted octanol–water partition coefficient (Wildman–Crippen LogP) is 3.33. The number of hydrogen-bond acceptors (Lipinski definition) is 7. The molecule has 1 aromatic carbocycles. The first-order chi connectivity index (χ1) is 15.3. The molecule has 0 radical (unpaired) electrons. The van der Waals surface area contributed by atoms with Crippen LogP contribution in [-0.4, -0.2) is 56.0 Å². The first-order valence-corrected chi connectivity index (χ1v) is 11.1. The maximum Gasteiger partial charge on any atom is 0.154 e. The van der Waals surface area contributed by atoms with E-state index in [1.165, 1.54) is 5.56 Å². The topological polar surface area (TPSA) is 78.3 Å². The zero-order valence-electron chi connectivity index (χ0n) is 19.5. The van der Waals surface area contributed by atoms with Gasteiger partial charge in [0.2, 0.25) is 0 Å². The normalized spacial score (nSPS) is 19.3. The molecule has 4 rings (SSSR count). The van der Waals surface area contributed by atoms with Crippen LogP contribution in [0.1, 0.15) is 43.2 Å². The van der Waals surface area contributed by atoms with Crippen LogP contribution in [0.2, 0.25) is 0 Å². The molecule has 1 aliphatic heterocycles. The van der Waals surface area contributed by atoms with E-state index in [0.717, 1.165) is 34.9 Å². The van der Waals surface area contributed by atoms with Gasteiger partial charge < -0.3 is 14.9 Å². The Bertz CT molecular complexity index is 1050. The number of benzene rings is 1. The molecule has 168 valence electrons. The van der Waals surface area contributed by atoms with Crippen molar-refractivity contribution in [1.29, 1.82) is 0 Å². The minimum Gasteiger partial charge on any atom is -0.388 e. The molecule has 0 saturated carbocycles. The lowest BCUT2D eigenvalue weighted by Crippen LogP contribution is -2.64. The van der Waals surface area contributed by atoms with Crippen LogP contribution in [0.15, 0.2) is 48.9 Å². The van der Waals surface area contributed by atoms with Gasteiger partial charge in [0, 0.05) is 37.9 Å². The third kappa shape index (κ3) is 4.43. The SMILES string of the molecule is Cc1c(Cc2ccccc2)nnc(N2C[C@H](C)N(c3cnccn3)CC2C(C)(C)O)c1C. The molecule has 0 amide bonds. The van der Waals surface area contributed by atoms with Gasteiger partial charge in [0.15, 0.2) is 5.82 Å². The highest BCUT2D eigenvalue weighted by molar-refractivity contribution is 5.54. The molecule has 7 heteroatoms. The van der Waals surface area contributed by atoms with E-state index in [0.29, 0.717) is 13.1 Å². The Kier molecular flexibility index (Phi) is 6.11. The van der Waals surface area contributed by atoms with Crippen molar-refractivity contribution in [1.82, 2.24) is 20.2 Å². The molecule has 3 heterocycles. The van der Waals surface area contributed by atoms with E-state index in [1.807, 2.05) is 32.0 Å². The largest absolute Gasteiger partial charge is 0.388 e. The molecule has 1 aliphatic rings. The lowest BCUT2D eigenvalue weighted by Gasteiger charge is -2.50. The summed E-state index contributed by atoms with van der Waals surface area (Å²) in [6.45, 7) is 11.4. The van der Waals surface area contributed by atoms with Crippen LogP contribution in [0.3, 0.4) is 0 Å². The Morgan fingerprint density at radius 3 is 2.41 bits per heavy atom. The van der Waals surface area contributed by atoms with Gasteiger partial charge in [0.1, 0.15) is 5.82 Å². The Balaban J connectivity index is 1.66. The summed E-state index contributed by atoms with van der Waals surface area (Å²) in [6.07, 6.45) is 5.92. The smallest absolute Gasteiger partial charge is 0.154 e. The average molecular weight is 433 g/mol. The molecule has 1 fully saturated rings. The van der Waals surface area contributed by atoms with E-state index >= 15 is 0 Å². The number of anilines is 2. The monoisotopic (exact) mass is 432 g/mol. The van der Waals surface area contributed by atoms with Crippen molar-refractivity contribution < 1.29 is 5.11 Å². The zero-order valence-corrected chi connectivity index (χ0v) is 19.5. The number of rotatable bonds is 5. The Morgan fingerprint density at radius 2 is 1.75 bits per heavy atom. The number of aliphatic hydroxyl groups is 1. The highest BCUT2D eigenvalue weighted by Gasteiger charge is 2.41. The summed E-state index contributed by atoms with van der Waals surface area (Å²) in [5, 5.41) is 20.4. The van der Waals surface area contributed by atoms with Gasteiger partial charge in [-0.1, -0.05) is 30.3 Å². The second kappa shape index (κ2) is 8.82. The van der Waals surface area contributed by atoms with Crippen molar-refractivity contribution in [2.24, 2.45) is 0 Å². The fraction of sp³-hybridized carbons (Fsp3) is 0.440. The van der Waals surface area contributed by atoms with Crippen LogP contribution < -0.4 is 9.80 Å². The molecule has 3 aromatic rings. The van der Waals surface area contributed by atoms with Crippen LogP contribution in [0.25, 0.3) is 0 Å². The number of hydrogen-bond donors (Lipinski definition) is 1. The molecule has 2 atom stereocenters. The van der Waals surface area contributed by atoms with Crippen LogP contribution in [0.5, 0.6) is 0 Å². The molecular formula is C25H32N6O. The molecule has 1 unspecified atom stereocenters. The highest BCUT2D eigenvalue weighted by atomic mass is 16.3. The minimum absolute atomic E-state index is 0.173. The molecular weight excluding hydrogens is 400 g/mol. The van der Waals surface area contributed by atoms with Crippen molar-refractivity contribution in [2.45, 2.75) is 58.7 Å². The lowest BCUT2D eigenvalue weighted by molar-refractivity contribution is 0.0453. The number of aromatic nitrogens is 4. The third-order valence-electron chi connectivity index (χ3n) is 6.48. The van der Waals surface area contributed by atoms with E-state index in [1.54, 1.807) is 18.6 Å². The van der Waals surface area contributed by atoms with Gasteiger partial charge in [-0.2, -0.15) is 5.10 Å². The van der Waals surface area contributed by atoms with E-state index in [4.69, 9.17) is 0 Å². The Morgan fingerprint density at radius 1 is 1.00 bits per heavy atom. The summed E-state index contributed by atoms with van der Waals surface area (Å²) in [5.41, 5.74) is 3.53. The Labute approximate surface area is 190 Å². The molecule has 7 nitrogen and oxygen atoms in total. The maximum atomic E-state index is 11.1. The molecule has 1 N–H and O–H groups in total. The molecule has 0 aliphatic carbocycles. The summed E-state index contributed by atoms with van der Waals surface area (Å²) in [6, 6.07) is 10.3. The maximum absolute atomic E-state index is 11.1. The molecule has 1 saturated heterocycles. The molecule has 0 spiro atoms. The van der Waals surface area contributed by atoms with E-state index in [9.17, 15) is 5.11 Å². The average Bonchev–Trinajstić information content (AvgIpc) is 2.77. The van der Waals surface area contributed by atoms with Crippen LogP contribution in [0.4, 0.5) is 11.6 Å². The van der Waals surface area contributed by atoms with E-state index in [2.05, 4.69) is 62.9 Å². The molecule has 32 heavy (non-hydrogen) atoms. The van der Waals surface area contributed by atoms with Gasteiger partial charge in [-0.05, 0) is 51.3 Å². The fourth-order valence-corrected chi connectivity index (χ4v) is 4.44.